The van der Waals surface area contributed by atoms with Crippen molar-refractivity contribution in [3.8, 4) is 10.6 Å². The van der Waals surface area contributed by atoms with Crippen LogP contribution in [0.4, 0.5) is 14.5 Å². The van der Waals surface area contributed by atoms with Crippen LogP contribution in [0, 0.1) is 11.6 Å². The number of hydrogen-bond acceptors (Lipinski definition) is 6. The number of nitrogens with zero attached hydrogens (tertiary/aromatic N) is 2. The van der Waals surface area contributed by atoms with Gasteiger partial charge in [-0.15, -0.1) is 11.3 Å². The van der Waals surface area contributed by atoms with Crippen molar-refractivity contribution in [2.24, 2.45) is 0 Å². The molecule has 1 amide bonds. The van der Waals surface area contributed by atoms with E-state index in [9.17, 15) is 18.4 Å². The number of thiazole rings is 1. The summed E-state index contributed by atoms with van der Waals surface area (Å²) in [5.74, 6) is -3.05. The van der Waals surface area contributed by atoms with Crippen LogP contribution in [0.1, 0.15) is 5.69 Å². The Morgan fingerprint density at radius 1 is 1.22 bits per heavy atom. The number of ether oxygens (including phenoxy) is 1. The lowest BCUT2D eigenvalue weighted by atomic mass is 10.3. The molecule has 3 aromatic rings. The Bertz CT molecular complexity index is 963. The topological polar surface area (TPSA) is 81.2 Å². The number of carbonyl (C=O) groups is 2. The minimum absolute atomic E-state index is 0.102. The predicted octanol–water partition coefficient (Wildman–Crippen LogP) is 3.21. The van der Waals surface area contributed by atoms with Gasteiger partial charge in [0.2, 0.25) is 0 Å². The van der Waals surface area contributed by atoms with Crippen molar-refractivity contribution >= 4 is 28.9 Å². The van der Waals surface area contributed by atoms with Crippen LogP contribution >= 0.6 is 11.3 Å². The highest BCUT2D eigenvalue weighted by molar-refractivity contribution is 7.13. The van der Waals surface area contributed by atoms with Gasteiger partial charge in [-0.25, -0.2) is 13.8 Å². The van der Waals surface area contributed by atoms with Crippen LogP contribution in [0.15, 0.2) is 48.1 Å². The van der Waals surface area contributed by atoms with E-state index in [0.29, 0.717) is 11.8 Å². The molecular weight excluding hydrogens is 376 g/mol. The first-order valence-electron chi connectivity index (χ1n) is 7.76. The largest absolute Gasteiger partial charge is 0.455 e. The van der Waals surface area contributed by atoms with E-state index in [-0.39, 0.29) is 12.1 Å². The van der Waals surface area contributed by atoms with Crippen LogP contribution in [0.3, 0.4) is 0 Å². The van der Waals surface area contributed by atoms with Crippen molar-refractivity contribution in [3.63, 3.8) is 0 Å². The highest BCUT2D eigenvalue weighted by Gasteiger charge is 2.13. The molecule has 9 heteroatoms. The summed E-state index contributed by atoms with van der Waals surface area (Å²) >= 11 is 1.36. The smallest absolute Gasteiger partial charge is 0.312 e. The Hall–Kier alpha value is -3.20. The number of esters is 1. The monoisotopic (exact) mass is 389 g/mol. The van der Waals surface area contributed by atoms with E-state index in [2.05, 4.69) is 15.3 Å². The molecule has 0 saturated heterocycles. The molecule has 138 valence electrons. The number of amides is 1. The van der Waals surface area contributed by atoms with Crippen LogP contribution in [0.25, 0.3) is 10.6 Å². The minimum atomic E-state index is -0.917. The number of anilines is 1. The third-order valence-electron chi connectivity index (χ3n) is 3.36. The maximum absolute atomic E-state index is 13.5. The summed E-state index contributed by atoms with van der Waals surface area (Å²) in [6.45, 7) is -0.588. The van der Waals surface area contributed by atoms with E-state index in [1.165, 1.54) is 11.3 Å². The SMILES string of the molecule is O=C(COC(=O)Cc1csc(-c2cccnc2)n1)Nc1ccc(F)cc1F. The van der Waals surface area contributed by atoms with Crippen molar-refractivity contribution in [2.75, 3.05) is 11.9 Å². The average Bonchev–Trinajstić information content (AvgIpc) is 3.11. The lowest BCUT2D eigenvalue weighted by Gasteiger charge is -2.07. The number of hydrogen-bond donors (Lipinski definition) is 1. The Labute approximate surface area is 156 Å². The highest BCUT2D eigenvalue weighted by Crippen LogP contribution is 2.22. The van der Waals surface area contributed by atoms with Crippen molar-refractivity contribution < 1.29 is 23.1 Å². The van der Waals surface area contributed by atoms with Crippen molar-refractivity contribution in [3.05, 3.63) is 65.4 Å². The van der Waals surface area contributed by atoms with E-state index < -0.39 is 30.1 Å². The number of nitrogens with one attached hydrogen (secondary N) is 1. The normalized spacial score (nSPS) is 10.4. The summed E-state index contributed by atoms with van der Waals surface area (Å²) in [5.41, 5.74) is 1.15. The Balaban J connectivity index is 1.49. The molecule has 2 heterocycles. The van der Waals surface area contributed by atoms with Crippen LogP contribution in [0.5, 0.6) is 0 Å². The van der Waals surface area contributed by atoms with Gasteiger partial charge in [0.25, 0.3) is 5.91 Å². The van der Waals surface area contributed by atoms with E-state index in [1.54, 1.807) is 23.8 Å². The zero-order chi connectivity index (χ0) is 19.2. The zero-order valence-electron chi connectivity index (χ0n) is 13.8. The number of benzene rings is 1. The fourth-order valence-corrected chi connectivity index (χ4v) is 2.94. The van der Waals surface area contributed by atoms with Crippen molar-refractivity contribution in [2.45, 2.75) is 6.42 Å². The van der Waals surface area contributed by atoms with Gasteiger partial charge < -0.3 is 10.1 Å². The first-order chi connectivity index (χ1) is 13.0. The molecule has 6 nitrogen and oxygen atoms in total. The van der Waals surface area contributed by atoms with Gasteiger partial charge in [-0.05, 0) is 24.3 Å². The second kappa shape index (κ2) is 8.45. The molecule has 3 rings (SSSR count). The molecule has 0 radical (unpaired) electrons. The number of rotatable bonds is 6. The molecule has 0 saturated carbocycles. The molecule has 0 spiro atoms. The lowest BCUT2D eigenvalue weighted by molar-refractivity contribution is -0.146. The van der Waals surface area contributed by atoms with Crippen LogP contribution in [0.2, 0.25) is 0 Å². The molecular formula is C18H13F2N3O3S. The third kappa shape index (κ3) is 5.14. The summed E-state index contributed by atoms with van der Waals surface area (Å²) in [6.07, 6.45) is 3.22. The fraction of sp³-hybridized carbons (Fsp3) is 0.111. The average molecular weight is 389 g/mol. The van der Waals surface area contributed by atoms with Gasteiger partial charge in [0.05, 0.1) is 17.8 Å². The summed E-state index contributed by atoms with van der Waals surface area (Å²) in [5, 5.41) is 4.64. The van der Waals surface area contributed by atoms with Gasteiger partial charge in [0.1, 0.15) is 16.6 Å². The van der Waals surface area contributed by atoms with Gasteiger partial charge in [0.15, 0.2) is 6.61 Å². The molecule has 0 aliphatic carbocycles. The summed E-state index contributed by atoms with van der Waals surface area (Å²) in [4.78, 5) is 31.9. The van der Waals surface area contributed by atoms with E-state index in [1.807, 2.05) is 6.07 Å². The predicted molar refractivity (Wildman–Crippen MR) is 95.0 cm³/mol. The molecule has 1 aromatic carbocycles. The first kappa shape index (κ1) is 18.6. The minimum Gasteiger partial charge on any atom is -0.455 e. The molecule has 0 bridgehead atoms. The van der Waals surface area contributed by atoms with Crippen LogP contribution in [-0.2, 0) is 20.7 Å². The van der Waals surface area contributed by atoms with E-state index in [0.717, 1.165) is 22.7 Å². The van der Waals surface area contributed by atoms with Crippen LogP contribution < -0.4 is 5.32 Å². The second-order valence-corrected chi connectivity index (χ2v) is 6.25. The van der Waals surface area contributed by atoms with Gasteiger partial charge in [-0.2, -0.15) is 0 Å². The Morgan fingerprint density at radius 2 is 2.07 bits per heavy atom. The molecule has 0 fully saturated rings. The molecule has 27 heavy (non-hydrogen) atoms. The van der Waals surface area contributed by atoms with Gasteiger partial charge >= 0.3 is 5.97 Å². The number of aromatic nitrogens is 2. The number of pyridine rings is 1. The van der Waals surface area contributed by atoms with Crippen LogP contribution in [-0.4, -0.2) is 28.5 Å². The maximum atomic E-state index is 13.5. The number of carbonyl (C=O) groups excluding carboxylic acids is 2. The fourth-order valence-electron chi connectivity index (χ4n) is 2.13. The van der Waals surface area contributed by atoms with E-state index >= 15 is 0 Å². The quantitative estimate of drug-likeness (QED) is 0.655. The van der Waals surface area contributed by atoms with Crippen molar-refractivity contribution in [1.29, 1.82) is 0 Å². The standard InChI is InChI=1S/C18H13F2N3O3S/c19-12-3-4-15(14(20)6-12)23-16(24)9-26-17(25)7-13-10-27-18(22-13)11-2-1-5-21-8-11/h1-6,8,10H,7,9H2,(H,23,24). The van der Waals surface area contributed by atoms with Gasteiger partial charge in [-0.3, -0.25) is 14.6 Å². The summed E-state index contributed by atoms with van der Waals surface area (Å²) in [7, 11) is 0. The molecule has 0 unspecified atom stereocenters. The molecule has 0 aliphatic rings. The highest BCUT2D eigenvalue weighted by atomic mass is 32.1. The summed E-state index contributed by atoms with van der Waals surface area (Å²) in [6, 6.07) is 6.37. The molecule has 2 aromatic heterocycles. The van der Waals surface area contributed by atoms with Crippen molar-refractivity contribution in [1.82, 2.24) is 9.97 Å². The molecule has 1 N–H and O–H groups in total. The van der Waals surface area contributed by atoms with Gasteiger partial charge in [0, 0.05) is 29.4 Å². The van der Waals surface area contributed by atoms with Gasteiger partial charge in [-0.1, -0.05) is 0 Å². The Morgan fingerprint density at radius 3 is 2.81 bits per heavy atom. The second-order valence-electron chi connectivity index (χ2n) is 5.40. The first-order valence-corrected chi connectivity index (χ1v) is 8.64. The summed E-state index contributed by atoms with van der Waals surface area (Å²) < 4.78 is 31.2. The third-order valence-corrected chi connectivity index (χ3v) is 4.30. The maximum Gasteiger partial charge on any atom is 0.312 e. The van der Waals surface area contributed by atoms with E-state index in [4.69, 9.17) is 4.74 Å². The Kier molecular flexibility index (Phi) is 5.82. The number of halogens is 2. The molecule has 0 aliphatic heterocycles. The zero-order valence-corrected chi connectivity index (χ0v) is 14.6. The molecule has 0 atom stereocenters. The lowest BCUT2D eigenvalue weighted by Crippen LogP contribution is -2.22.